The molecule has 3 heterocycles. The molecular formula is C29H33Br2NO5Si. The van der Waals surface area contributed by atoms with Crippen molar-refractivity contribution >= 4 is 50.6 Å². The van der Waals surface area contributed by atoms with Crippen LogP contribution in [0.15, 0.2) is 82.0 Å². The third kappa shape index (κ3) is 4.85. The molecule has 1 aromatic heterocycles. The summed E-state index contributed by atoms with van der Waals surface area (Å²) in [6.07, 6.45) is -1.88. The molecule has 2 fully saturated rings. The summed E-state index contributed by atoms with van der Waals surface area (Å²) < 4.78 is 27.2. The Morgan fingerprint density at radius 2 is 1.47 bits per heavy atom. The Labute approximate surface area is 242 Å². The number of ether oxygens (including phenoxy) is 3. The second-order valence-corrected chi connectivity index (χ2v) is 17.2. The van der Waals surface area contributed by atoms with Gasteiger partial charge in [-0.1, -0.05) is 81.4 Å². The van der Waals surface area contributed by atoms with Crippen molar-refractivity contribution < 1.29 is 23.7 Å². The normalized spacial score (nSPS) is 26.9. The van der Waals surface area contributed by atoms with E-state index in [-0.39, 0.29) is 11.6 Å². The maximum absolute atomic E-state index is 12.0. The minimum absolute atomic E-state index is 0.199. The van der Waals surface area contributed by atoms with Crippen LogP contribution in [0.5, 0.6) is 0 Å². The first kappa shape index (κ1) is 28.1. The molecule has 202 valence electrons. The fraction of sp³-hybridized carbons (Fsp3) is 0.414. The molecule has 0 aliphatic carbocycles. The summed E-state index contributed by atoms with van der Waals surface area (Å²) in [7, 11) is -2.83. The van der Waals surface area contributed by atoms with Gasteiger partial charge >= 0.3 is 0 Å². The summed E-state index contributed by atoms with van der Waals surface area (Å²) in [5, 5.41) is 14.1. The van der Waals surface area contributed by atoms with E-state index in [0.29, 0.717) is 14.8 Å². The number of aliphatic hydroxyl groups is 1. The van der Waals surface area contributed by atoms with Crippen molar-refractivity contribution in [1.82, 2.24) is 4.98 Å². The van der Waals surface area contributed by atoms with Crippen molar-refractivity contribution in [2.45, 2.75) is 69.5 Å². The summed E-state index contributed by atoms with van der Waals surface area (Å²) >= 11 is 6.88. The summed E-state index contributed by atoms with van der Waals surface area (Å²) in [5.74, 6) is -2.66. The molecule has 4 atom stereocenters. The highest BCUT2D eigenvalue weighted by Crippen LogP contribution is 2.49. The minimum atomic E-state index is -2.83. The van der Waals surface area contributed by atoms with Crippen molar-refractivity contribution in [2.24, 2.45) is 0 Å². The molecule has 6 nitrogen and oxygen atoms in total. The number of halogens is 2. The standard InChI is InChI=1S/C29H33Br2NO5Si/c1-27(2,3)38(19-12-8-6-9-13-19,20-14-10-7-11-15-20)34-18-22-24-25(37-28(4,5)36-24)29(33,35-22)21-16-17-23(30)32-26(21)31/h6-17,22,24-25,33H,18H2,1-5H3/t22-,24-,25-,29+/m1/s1. The maximum Gasteiger partial charge on any atom is 0.261 e. The number of fused-ring (bicyclic) bond motifs is 1. The molecule has 9 heteroatoms. The number of pyridine rings is 1. The third-order valence-electron chi connectivity index (χ3n) is 7.29. The summed E-state index contributed by atoms with van der Waals surface area (Å²) in [5.41, 5.74) is 0.477. The maximum atomic E-state index is 12.0. The van der Waals surface area contributed by atoms with E-state index in [0.717, 1.165) is 0 Å². The van der Waals surface area contributed by atoms with Gasteiger partial charge in [-0.25, -0.2) is 4.98 Å². The average molecular weight is 663 g/mol. The molecule has 0 saturated carbocycles. The number of rotatable bonds is 6. The van der Waals surface area contributed by atoms with Crippen molar-refractivity contribution in [2.75, 3.05) is 6.61 Å². The van der Waals surface area contributed by atoms with Crippen LogP contribution < -0.4 is 10.4 Å². The number of hydrogen-bond acceptors (Lipinski definition) is 6. The monoisotopic (exact) mass is 661 g/mol. The molecule has 3 aromatic rings. The SMILES string of the molecule is CC1(C)O[C@H]2[C@@H](O1)[C@](O)(c1ccc(Br)nc1Br)O[C@@H]2CO[Si](c1ccccc1)(c1ccccc1)C(C)(C)C. The van der Waals surface area contributed by atoms with E-state index < -0.39 is 38.2 Å². The van der Waals surface area contributed by atoms with Crippen LogP contribution in [0.3, 0.4) is 0 Å². The lowest BCUT2D eigenvalue weighted by Crippen LogP contribution is -2.67. The molecule has 1 N–H and O–H groups in total. The zero-order valence-corrected chi connectivity index (χ0v) is 26.3. The molecule has 2 saturated heterocycles. The highest BCUT2D eigenvalue weighted by Gasteiger charge is 2.64. The highest BCUT2D eigenvalue weighted by atomic mass is 79.9. The lowest BCUT2D eigenvalue weighted by Gasteiger charge is -2.43. The van der Waals surface area contributed by atoms with Gasteiger partial charge < -0.3 is 23.7 Å². The molecule has 2 aliphatic rings. The average Bonchev–Trinajstić information content (AvgIpc) is 3.31. The Morgan fingerprint density at radius 3 is 2.00 bits per heavy atom. The van der Waals surface area contributed by atoms with Crippen LogP contribution in [0.2, 0.25) is 5.04 Å². The van der Waals surface area contributed by atoms with Crippen molar-refractivity contribution in [3.05, 3.63) is 87.6 Å². The van der Waals surface area contributed by atoms with Crippen LogP contribution in [-0.4, -0.2) is 49.1 Å². The Balaban J connectivity index is 1.55. The molecule has 2 aromatic carbocycles. The predicted octanol–water partition coefficient (Wildman–Crippen LogP) is 5.25. The van der Waals surface area contributed by atoms with Gasteiger partial charge in [0.25, 0.3) is 8.32 Å². The first-order chi connectivity index (χ1) is 17.9. The van der Waals surface area contributed by atoms with Crippen molar-refractivity contribution in [3.63, 3.8) is 0 Å². The number of aromatic nitrogens is 1. The Bertz CT molecular complexity index is 1250. The van der Waals surface area contributed by atoms with Crippen LogP contribution in [0, 0.1) is 0 Å². The summed E-state index contributed by atoms with van der Waals surface area (Å²) in [4.78, 5) is 4.41. The molecule has 0 unspecified atom stereocenters. The molecule has 0 amide bonds. The summed E-state index contributed by atoms with van der Waals surface area (Å²) in [6, 6.07) is 24.5. The van der Waals surface area contributed by atoms with E-state index in [4.69, 9.17) is 18.6 Å². The van der Waals surface area contributed by atoms with Gasteiger partial charge in [0, 0.05) is 5.56 Å². The fourth-order valence-corrected chi connectivity index (χ4v) is 11.4. The number of benzene rings is 2. The smallest absolute Gasteiger partial charge is 0.261 e. The van der Waals surface area contributed by atoms with Crippen LogP contribution >= 0.6 is 31.9 Å². The van der Waals surface area contributed by atoms with Crippen LogP contribution in [0.4, 0.5) is 0 Å². The van der Waals surface area contributed by atoms with E-state index in [1.165, 1.54) is 10.4 Å². The highest BCUT2D eigenvalue weighted by molar-refractivity contribution is 9.11. The van der Waals surface area contributed by atoms with Gasteiger partial charge in [0.05, 0.1) is 6.61 Å². The van der Waals surface area contributed by atoms with Gasteiger partial charge in [0.1, 0.15) is 27.5 Å². The van der Waals surface area contributed by atoms with Gasteiger partial charge in [-0.3, -0.25) is 0 Å². The van der Waals surface area contributed by atoms with E-state index in [1.54, 1.807) is 12.1 Å². The zero-order chi connectivity index (χ0) is 27.3. The quantitative estimate of drug-likeness (QED) is 0.287. The zero-order valence-electron chi connectivity index (χ0n) is 22.2. The Kier molecular flexibility index (Phi) is 7.54. The molecule has 0 bridgehead atoms. The van der Waals surface area contributed by atoms with E-state index in [9.17, 15) is 5.11 Å². The fourth-order valence-electron chi connectivity index (χ4n) is 5.72. The van der Waals surface area contributed by atoms with Crippen molar-refractivity contribution in [1.29, 1.82) is 0 Å². The van der Waals surface area contributed by atoms with Gasteiger partial charge in [0.2, 0.25) is 5.79 Å². The van der Waals surface area contributed by atoms with Crippen molar-refractivity contribution in [3.8, 4) is 0 Å². The predicted molar refractivity (Wildman–Crippen MR) is 156 cm³/mol. The molecule has 2 aliphatic heterocycles. The second kappa shape index (κ2) is 10.2. The lowest BCUT2D eigenvalue weighted by atomic mass is 9.99. The molecular weight excluding hydrogens is 630 g/mol. The number of hydrogen-bond donors (Lipinski definition) is 1. The Morgan fingerprint density at radius 1 is 0.895 bits per heavy atom. The largest absolute Gasteiger partial charge is 0.405 e. The van der Waals surface area contributed by atoms with Gasteiger partial charge in [-0.15, -0.1) is 0 Å². The molecule has 5 rings (SSSR count). The van der Waals surface area contributed by atoms with Gasteiger partial charge in [-0.05, 0) is 73.3 Å². The van der Waals surface area contributed by atoms with E-state index in [2.05, 4.69) is 106 Å². The number of nitrogens with zero attached hydrogens (tertiary/aromatic N) is 1. The van der Waals surface area contributed by atoms with Crippen LogP contribution in [0.25, 0.3) is 0 Å². The second-order valence-electron chi connectivity index (χ2n) is 11.3. The first-order valence-electron chi connectivity index (χ1n) is 12.7. The van der Waals surface area contributed by atoms with Crippen LogP contribution in [0.1, 0.15) is 40.2 Å². The third-order valence-corrected chi connectivity index (χ3v) is 13.3. The molecule has 0 spiro atoms. The lowest BCUT2D eigenvalue weighted by molar-refractivity contribution is -0.283. The molecule has 0 radical (unpaired) electrons. The first-order valence-corrected chi connectivity index (χ1v) is 16.2. The molecule has 38 heavy (non-hydrogen) atoms. The topological polar surface area (TPSA) is 70.0 Å². The van der Waals surface area contributed by atoms with Crippen LogP contribution in [-0.2, 0) is 24.4 Å². The van der Waals surface area contributed by atoms with Gasteiger partial charge in [0.15, 0.2) is 5.79 Å². The summed E-state index contributed by atoms with van der Waals surface area (Å²) in [6.45, 7) is 10.6. The van der Waals surface area contributed by atoms with E-state index in [1.807, 2.05) is 26.0 Å². The van der Waals surface area contributed by atoms with E-state index >= 15 is 0 Å². The Hall–Kier alpha value is -1.43. The minimum Gasteiger partial charge on any atom is -0.405 e. The van der Waals surface area contributed by atoms with Gasteiger partial charge in [-0.2, -0.15) is 0 Å².